The van der Waals surface area contributed by atoms with Crippen LogP contribution in [0.4, 0.5) is 5.69 Å². The molecule has 0 aliphatic carbocycles. The van der Waals surface area contributed by atoms with Crippen molar-refractivity contribution >= 4 is 27.7 Å². The van der Waals surface area contributed by atoms with Gasteiger partial charge in [-0.25, -0.2) is 4.99 Å². The van der Waals surface area contributed by atoms with Crippen LogP contribution >= 0.6 is 0 Å². The molecule has 0 unspecified atom stereocenters. The molecule has 2 aromatic rings. The number of nitrogens with two attached hydrogens (primary N) is 3. The molecular weight excluding hydrogens is 334 g/mol. The summed E-state index contributed by atoms with van der Waals surface area (Å²) in [5.74, 6) is -1.09. The summed E-state index contributed by atoms with van der Waals surface area (Å²) in [6.45, 7) is 0. The van der Waals surface area contributed by atoms with Crippen LogP contribution in [0.3, 0.4) is 0 Å². The molecule has 0 aromatic heterocycles. The Labute approximate surface area is 137 Å². The minimum Gasteiger partial charge on any atom is -0.505 e. The lowest BCUT2D eigenvalue weighted by atomic mass is 10.0. The molecule has 0 fully saturated rings. The Morgan fingerprint density at radius 3 is 2.21 bits per heavy atom. The molecule has 0 amide bonds. The number of benzene rings is 2. The standard InChI is InChI=1S/C14H15N5O4S/c15-13(16)19-14(17)18-11-7-9(24(21,22)23)6-10(12(11)20)8-4-2-1-3-5-8/h1-7,20H,(H,21,22,23)(H6,15,16,17,18,19). The predicted octanol–water partition coefficient (Wildman–Crippen LogP) is 0.526. The van der Waals surface area contributed by atoms with E-state index < -0.39 is 21.0 Å². The highest BCUT2D eigenvalue weighted by Crippen LogP contribution is 2.39. The second-order valence-corrected chi connectivity index (χ2v) is 6.11. The zero-order valence-corrected chi connectivity index (χ0v) is 13.1. The van der Waals surface area contributed by atoms with Crippen molar-refractivity contribution in [1.29, 1.82) is 0 Å². The summed E-state index contributed by atoms with van der Waals surface area (Å²) >= 11 is 0. The lowest BCUT2D eigenvalue weighted by Gasteiger charge is -2.10. The van der Waals surface area contributed by atoms with E-state index in [0.717, 1.165) is 12.1 Å². The van der Waals surface area contributed by atoms with Gasteiger partial charge >= 0.3 is 0 Å². The lowest BCUT2D eigenvalue weighted by molar-refractivity contribution is 0.476. The van der Waals surface area contributed by atoms with Crippen LogP contribution in [0, 0.1) is 0 Å². The molecule has 10 heteroatoms. The van der Waals surface area contributed by atoms with E-state index in [1.807, 2.05) is 0 Å². The summed E-state index contributed by atoms with van der Waals surface area (Å²) in [4.78, 5) is 6.80. The minimum atomic E-state index is -4.54. The molecule has 0 aliphatic heterocycles. The van der Waals surface area contributed by atoms with Gasteiger partial charge in [0.15, 0.2) is 5.96 Å². The first kappa shape index (κ1) is 17.2. The van der Waals surface area contributed by atoms with Crippen LogP contribution in [0.1, 0.15) is 0 Å². The van der Waals surface area contributed by atoms with Gasteiger partial charge in [0.05, 0.1) is 4.90 Å². The van der Waals surface area contributed by atoms with Crippen LogP contribution in [-0.2, 0) is 10.1 Å². The van der Waals surface area contributed by atoms with Gasteiger partial charge in [-0.2, -0.15) is 13.4 Å². The number of phenolic OH excluding ortho intramolecular Hbond substituents is 1. The van der Waals surface area contributed by atoms with Crippen LogP contribution in [0.15, 0.2) is 57.3 Å². The number of nitrogens with zero attached hydrogens (tertiary/aromatic N) is 2. The first-order valence-electron chi connectivity index (χ1n) is 6.52. The number of rotatable bonds is 3. The summed E-state index contributed by atoms with van der Waals surface area (Å²) < 4.78 is 32.2. The number of hydrogen-bond donors (Lipinski definition) is 5. The molecule has 9 nitrogen and oxygen atoms in total. The van der Waals surface area contributed by atoms with E-state index >= 15 is 0 Å². The van der Waals surface area contributed by atoms with Crippen molar-refractivity contribution in [2.24, 2.45) is 27.2 Å². The van der Waals surface area contributed by atoms with E-state index in [1.165, 1.54) is 0 Å². The normalized spacial score (nSPS) is 12.0. The van der Waals surface area contributed by atoms with Crippen molar-refractivity contribution < 1.29 is 18.1 Å². The Morgan fingerprint density at radius 1 is 1.04 bits per heavy atom. The minimum absolute atomic E-state index is 0.141. The third-order valence-corrected chi connectivity index (χ3v) is 3.76. The van der Waals surface area contributed by atoms with Gasteiger partial charge in [0.1, 0.15) is 11.4 Å². The van der Waals surface area contributed by atoms with E-state index in [-0.39, 0.29) is 23.0 Å². The molecule has 2 rings (SSSR count). The smallest absolute Gasteiger partial charge is 0.294 e. The number of aromatic hydroxyl groups is 1. The Kier molecular flexibility index (Phi) is 4.71. The first-order chi connectivity index (χ1) is 11.2. The molecule has 0 bridgehead atoms. The van der Waals surface area contributed by atoms with Crippen LogP contribution in [-0.4, -0.2) is 30.0 Å². The monoisotopic (exact) mass is 349 g/mol. The SMILES string of the molecule is NC(N)=NC(N)=Nc1cc(S(=O)(=O)O)cc(-c2ccccc2)c1O. The summed E-state index contributed by atoms with van der Waals surface area (Å²) in [5, 5.41) is 10.4. The molecule has 0 heterocycles. The van der Waals surface area contributed by atoms with Crippen molar-refractivity contribution in [3.05, 3.63) is 42.5 Å². The maximum atomic E-state index is 11.5. The Bertz CT molecular complexity index is 920. The molecule has 0 aliphatic rings. The van der Waals surface area contributed by atoms with Gasteiger partial charge in [-0.05, 0) is 17.7 Å². The molecule has 126 valence electrons. The van der Waals surface area contributed by atoms with Crippen molar-refractivity contribution in [2.75, 3.05) is 0 Å². The van der Waals surface area contributed by atoms with Crippen LogP contribution < -0.4 is 17.2 Å². The second-order valence-electron chi connectivity index (χ2n) is 4.69. The lowest BCUT2D eigenvalue weighted by Crippen LogP contribution is -2.26. The van der Waals surface area contributed by atoms with Gasteiger partial charge in [-0.1, -0.05) is 30.3 Å². The van der Waals surface area contributed by atoms with Gasteiger partial charge in [0.25, 0.3) is 10.1 Å². The maximum absolute atomic E-state index is 11.5. The second kappa shape index (κ2) is 6.56. The fraction of sp³-hybridized carbons (Fsp3) is 0. The van der Waals surface area contributed by atoms with Crippen molar-refractivity contribution in [3.8, 4) is 16.9 Å². The van der Waals surface area contributed by atoms with Gasteiger partial charge in [-0.15, -0.1) is 0 Å². The fourth-order valence-corrected chi connectivity index (χ4v) is 2.47. The summed E-state index contributed by atoms with van der Waals surface area (Å²) in [6, 6.07) is 10.5. The molecule has 24 heavy (non-hydrogen) atoms. The molecule has 0 saturated carbocycles. The van der Waals surface area contributed by atoms with Gasteiger partial charge in [0.2, 0.25) is 5.96 Å². The zero-order chi connectivity index (χ0) is 17.9. The number of guanidine groups is 2. The molecule has 8 N–H and O–H groups in total. The maximum Gasteiger partial charge on any atom is 0.294 e. The largest absolute Gasteiger partial charge is 0.505 e. The predicted molar refractivity (Wildman–Crippen MR) is 90.4 cm³/mol. The number of aliphatic imine (C=N–C) groups is 2. The van der Waals surface area contributed by atoms with E-state index in [4.69, 9.17) is 17.2 Å². The van der Waals surface area contributed by atoms with Gasteiger partial charge < -0.3 is 22.3 Å². The van der Waals surface area contributed by atoms with Crippen molar-refractivity contribution in [1.82, 2.24) is 0 Å². The average Bonchev–Trinajstić information content (AvgIpc) is 2.48. The van der Waals surface area contributed by atoms with Crippen molar-refractivity contribution in [3.63, 3.8) is 0 Å². The van der Waals surface area contributed by atoms with E-state index in [2.05, 4.69) is 9.98 Å². The molecule has 0 atom stereocenters. The molecule has 2 aromatic carbocycles. The Hall–Kier alpha value is -3.11. The van der Waals surface area contributed by atoms with E-state index in [0.29, 0.717) is 5.56 Å². The van der Waals surface area contributed by atoms with Gasteiger partial charge in [-0.3, -0.25) is 4.55 Å². The average molecular weight is 349 g/mol. The van der Waals surface area contributed by atoms with Crippen LogP contribution in [0.5, 0.6) is 5.75 Å². The van der Waals surface area contributed by atoms with Crippen LogP contribution in [0.2, 0.25) is 0 Å². The summed E-state index contributed by atoms with van der Waals surface area (Å²) in [7, 11) is -4.54. The number of hydrogen-bond acceptors (Lipinski definition) is 4. The molecule has 0 saturated heterocycles. The van der Waals surface area contributed by atoms with Gasteiger partial charge in [0, 0.05) is 5.56 Å². The topological polar surface area (TPSA) is 177 Å². The highest BCUT2D eigenvalue weighted by atomic mass is 32.2. The van der Waals surface area contributed by atoms with Crippen molar-refractivity contribution in [2.45, 2.75) is 4.90 Å². The fourth-order valence-electron chi connectivity index (χ4n) is 1.95. The Morgan fingerprint density at radius 2 is 1.67 bits per heavy atom. The summed E-state index contributed by atoms with van der Waals surface area (Å²) in [5.41, 5.74) is 16.3. The third kappa shape index (κ3) is 4.00. The molecular formula is C14H15N5O4S. The highest BCUT2D eigenvalue weighted by Gasteiger charge is 2.18. The Balaban J connectivity index is 2.74. The highest BCUT2D eigenvalue weighted by molar-refractivity contribution is 7.85. The van der Waals surface area contributed by atoms with E-state index in [9.17, 15) is 18.1 Å². The number of phenols is 1. The first-order valence-corrected chi connectivity index (χ1v) is 7.96. The van der Waals surface area contributed by atoms with E-state index in [1.54, 1.807) is 30.3 Å². The molecule has 0 spiro atoms. The summed E-state index contributed by atoms with van der Waals surface area (Å²) in [6.07, 6.45) is 0. The quantitative estimate of drug-likeness (QED) is 0.304. The third-order valence-electron chi connectivity index (χ3n) is 2.92. The zero-order valence-electron chi connectivity index (χ0n) is 12.3. The van der Waals surface area contributed by atoms with Crippen LogP contribution in [0.25, 0.3) is 11.1 Å². The molecule has 0 radical (unpaired) electrons.